The molecule has 0 bridgehead atoms. The van der Waals surface area contributed by atoms with Gasteiger partial charge < -0.3 is 9.74 Å². The molecule has 0 aliphatic carbocycles. The topological polar surface area (TPSA) is 48.9 Å². The molecule has 2 rings (SSSR count). The summed E-state index contributed by atoms with van der Waals surface area (Å²) in [6.45, 7) is 7.40. The molecule has 1 aromatic rings. The van der Waals surface area contributed by atoms with Crippen molar-refractivity contribution in [1.29, 1.82) is 0 Å². The minimum absolute atomic E-state index is 0.262. The Hall–Kier alpha value is -1.25. The second-order valence-corrected chi connectivity index (χ2v) is 7.50. The Morgan fingerprint density at radius 3 is 2.77 bits per heavy atom. The van der Waals surface area contributed by atoms with Crippen LogP contribution in [0.3, 0.4) is 0 Å². The van der Waals surface area contributed by atoms with Gasteiger partial charge in [-0.2, -0.15) is 0 Å². The fourth-order valence-electron chi connectivity index (χ4n) is 2.25. The van der Waals surface area contributed by atoms with Crippen molar-refractivity contribution in [1.82, 2.24) is 5.59 Å². The van der Waals surface area contributed by atoms with E-state index in [9.17, 15) is 4.39 Å². The zero-order valence-electron chi connectivity index (χ0n) is 15.8. The van der Waals surface area contributed by atoms with Crippen LogP contribution in [-0.2, 0) is 4.84 Å². The van der Waals surface area contributed by atoms with Crippen molar-refractivity contribution < 1.29 is 9.23 Å². The highest BCUT2D eigenvalue weighted by Crippen LogP contribution is 2.28. The third-order valence-corrected chi connectivity index (χ3v) is 5.00. The number of nitrogens with one attached hydrogen (secondary N) is 2. The summed E-state index contributed by atoms with van der Waals surface area (Å²) in [6.07, 6.45) is 3.30. The van der Waals surface area contributed by atoms with Crippen LogP contribution in [0, 0.1) is 5.82 Å². The van der Waals surface area contributed by atoms with Crippen LogP contribution in [-0.4, -0.2) is 24.1 Å². The first-order valence-corrected chi connectivity index (χ1v) is 10.5. The summed E-state index contributed by atoms with van der Waals surface area (Å²) < 4.78 is 15.1. The Morgan fingerprint density at radius 2 is 2.12 bits per heavy atom. The number of hydrazine groups is 1. The van der Waals surface area contributed by atoms with Gasteiger partial charge in [0.25, 0.3) is 0 Å². The lowest BCUT2D eigenvalue weighted by atomic mass is 10.2. The van der Waals surface area contributed by atoms with Crippen LogP contribution in [0.5, 0.6) is 0 Å². The summed E-state index contributed by atoms with van der Waals surface area (Å²) in [4.78, 5) is 11.5. The molecule has 1 aliphatic rings. The van der Waals surface area contributed by atoms with Crippen molar-refractivity contribution in [3.05, 3.63) is 35.2 Å². The highest BCUT2D eigenvalue weighted by Gasteiger charge is 2.13. The molecule has 0 spiro atoms. The zero-order chi connectivity index (χ0) is 19.4. The normalized spacial score (nSPS) is 13.2. The third kappa shape index (κ3) is 7.55. The second-order valence-electron chi connectivity index (χ2n) is 5.36. The predicted octanol–water partition coefficient (Wildman–Crippen LogP) is 5.67. The number of para-hydroxylation sites is 1. The fraction of sp³-hybridized carbons (Fsp3) is 0.500. The summed E-state index contributed by atoms with van der Waals surface area (Å²) in [5, 5.41) is 1.86. The molecule has 1 aromatic carbocycles. The molecule has 0 unspecified atom stereocenters. The van der Waals surface area contributed by atoms with Crippen LogP contribution in [0.4, 0.5) is 15.8 Å². The van der Waals surface area contributed by atoms with Gasteiger partial charge in [-0.3, -0.25) is 10.4 Å². The highest BCUT2D eigenvalue weighted by molar-refractivity contribution is 9.22. The molecule has 0 amide bonds. The van der Waals surface area contributed by atoms with E-state index in [1.54, 1.807) is 6.07 Å². The first-order chi connectivity index (χ1) is 12.6. The van der Waals surface area contributed by atoms with E-state index in [4.69, 9.17) is 4.84 Å². The number of hydrogen-bond donors (Lipinski definition) is 2. The van der Waals surface area contributed by atoms with Gasteiger partial charge in [0.15, 0.2) is 5.76 Å². The number of anilines is 2. The van der Waals surface area contributed by atoms with Gasteiger partial charge >= 0.3 is 0 Å². The molecule has 8 heteroatoms. The molecule has 0 saturated heterocycles. The summed E-state index contributed by atoms with van der Waals surface area (Å²) in [7, 11) is 1.90. The van der Waals surface area contributed by atoms with Gasteiger partial charge in [-0.15, -0.1) is 0 Å². The van der Waals surface area contributed by atoms with Crippen molar-refractivity contribution >= 4 is 43.0 Å². The Kier molecular flexibility index (Phi) is 11.4. The number of rotatable bonds is 9. The van der Waals surface area contributed by atoms with Crippen molar-refractivity contribution in [3.8, 4) is 0 Å². The van der Waals surface area contributed by atoms with Gasteiger partial charge in [0.2, 0.25) is 0 Å². The zero-order valence-corrected chi connectivity index (χ0v) is 18.2. The third-order valence-electron chi connectivity index (χ3n) is 3.48. The molecule has 0 radical (unpaired) electrons. The Bertz CT molecular complexity index is 613. The van der Waals surface area contributed by atoms with Gasteiger partial charge in [-0.1, -0.05) is 57.0 Å². The SMILES string of the molecule is CC.CCCCCN(C)c1c(F)cccc1NNOC1=CSC(Br)=NC1. The molecule has 1 heterocycles. The molecular weight excluding hydrogens is 419 g/mol. The van der Waals surface area contributed by atoms with Crippen LogP contribution in [0.2, 0.25) is 0 Å². The number of aliphatic imine (C=N–C) groups is 1. The van der Waals surface area contributed by atoms with E-state index >= 15 is 0 Å². The van der Waals surface area contributed by atoms with E-state index in [-0.39, 0.29) is 5.82 Å². The van der Waals surface area contributed by atoms with Gasteiger partial charge in [-0.05, 0) is 34.5 Å². The van der Waals surface area contributed by atoms with Crippen molar-refractivity contribution in [2.24, 2.45) is 4.99 Å². The summed E-state index contributed by atoms with van der Waals surface area (Å²) >= 11 is 4.75. The monoisotopic (exact) mass is 446 g/mol. The maximum atomic E-state index is 14.2. The average Bonchev–Trinajstić information content (AvgIpc) is 2.65. The van der Waals surface area contributed by atoms with E-state index in [1.807, 2.05) is 37.3 Å². The number of nitrogens with zero attached hydrogens (tertiary/aromatic N) is 2. The number of hydrogen-bond acceptors (Lipinski definition) is 6. The van der Waals surface area contributed by atoms with E-state index in [1.165, 1.54) is 17.8 Å². The van der Waals surface area contributed by atoms with Crippen LogP contribution in [0.1, 0.15) is 40.0 Å². The molecule has 0 fully saturated rings. The molecule has 26 heavy (non-hydrogen) atoms. The molecule has 2 N–H and O–H groups in total. The van der Waals surface area contributed by atoms with Crippen molar-refractivity contribution in [2.45, 2.75) is 40.0 Å². The lowest BCUT2D eigenvalue weighted by molar-refractivity contribution is 0.124. The van der Waals surface area contributed by atoms with Crippen LogP contribution in [0.15, 0.2) is 34.4 Å². The Balaban J connectivity index is 0.00000163. The molecule has 0 aromatic heterocycles. The largest absolute Gasteiger partial charge is 0.391 e. The van der Waals surface area contributed by atoms with Crippen LogP contribution < -0.4 is 15.9 Å². The summed E-state index contributed by atoms with van der Waals surface area (Å²) in [5.74, 6) is 0.423. The minimum Gasteiger partial charge on any atom is -0.391 e. The van der Waals surface area contributed by atoms with Crippen molar-refractivity contribution in [3.63, 3.8) is 0 Å². The number of halogens is 2. The lowest BCUT2D eigenvalue weighted by Crippen LogP contribution is -2.26. The summed E-state index contributed by atoms with van der Waals surface area (Å²) in [5.41, 5.74) is 6.74. The average molecular weight is 447 g/mol. The van der Waals surface area contributed by atoms with Gasteiger partial charge in [0.05, 0.1) is 11.4 Å². The number of unbranched alkanes of at least 4 members (excludes halogenated alkanes) is 2. The molecule has 1 aliphatic heterocycles. The van der Waals surface area contributed by atoms with Gasteiger partial charge in [0, 0.05) is 19.0 Å². The van der Waals surface area contributed by atoms with Crippen LogP contribution in [0.25, 0.3) is 0 Å². The molecule has 0 atom stereocenters. The highest BCUT2D eigenvalue weighted by atomic mass is 79.9. The first kappa shape index (κ1) is 22.8. The fourth-order valence-corrected chi connectivity index (χ4v) is 3.14. The van der Waals surface area contributed by atoms with Gasteiger partial charge in [-0.25, -0.2) is 4.39 Å². The first-order valence-electron chi connectivity index (χ1n) is 8.85. The van der Waals surface area contributed by atoms with E-state index < -0.39 is 0 Å². The smallest absolute Gasteiger partial charge is 0.154 e. The molecule has 5 nitrogen and oxygen atoms in total. The molecular formula is C18H28BrFN4OS. The predicted molar refractivity (Wildman–Crippen MR) is 115 cm³/mol. The van der Waals surface area contributed by atoms with E-state index in [0.717, 1.165) is 29.8 Å². The summed E-state index contributed by atoms with van der Waals surface area (Å²) in [6, 6.07) is 4.94. The molecule has 146 valence electrons. The quantitative estimate of drug-likeness (QED) is 0.378. The Morgan fingerprint density at radius 1 is 1.35 bits per heavy atom. The van der Waals surface area contributed by atoms with Crippen LogP contribution >= 0.6 is 27.7 Å². The number of benzene rings is 1. The Labute approximate surface area is 168 Å². The maximum Gasteiger partial charge on any atom is 0.154 e. The second kappa shape index (κ2) is 13.0. The molecule has 0 saturated carbocycles. The standard InChI is InChI=1S/C16H22BrFN4OS.C2H6/c1-3-4-5-9-22(2)15-13(18)7-6-8-14(15)20-21-23-12-10-19-16(17)24-11-12;1-2/h6-8,11,20-21H,3-5,9-10H2,1-2H3;1-2H3. The van der Waals surface area contributed by atoms with E-state index in [0.29, 0.717) is 23.7 Å². The minimum atomic E-state index is -0.262. The maximum absolute atomic E-state index is 14.2. The number of thioether (sulfide) groups is 1. The van der Waals surface area contributed by atoms with Crippen molar-refractivity contribution in [2.75, 3.05) is 30.5 Å². The lowest BCUT2D eigenvalue weighted by Gasteiger charge is -2.23. The van der Waals surface area contributed by atoms with E-state index in [2.05, 4.69) is 38.9 Å². The van der Waals surface area contributed by atoms with Gasteiger partial charge in [0.1, 0.15) is 16.3 Å².